The van der Waals surface area contributed by atoms with Gasteiger partial charge in [0, 0.05) is 5.02 Å². The predicted molar refractivity (Wildman–Crippen MR) is 84.7 cm³/mol. The molecule has 106 valence electrons. The van der Waals surface area contributed by atoms with E-state index in [1.165, 1.54) is 5.56 Å². The van der Waals surface area contributed by atoms with Crippen LogP contribution >= 0.6 is 11.6 Å². The molecule has 0 saturated heterocycles. The van der Waals surface area contributed by atoms with Crippen molar-refractivity contribution in [2.45, 2.75) is 26.2 Å². The summed E-state index contributed by atoms with van der Waals surface area (Å²) in [6.07, 6.45) is 3.03. The summed E-state index contributed by atoms with van der Waals surface area (Å²) < 4.78 is 5.81. The van der Waals surface area contributed by atoms with Crippen molar-refractivity contribution < 1.29 is 4.74 Å². The van der Waals surface area contributed by atoms with Gasteiger partial charge in [0.25, 0.3) is 0 Å². The van der Waals surface area contributed by atoms with Crippen molar-refractivity contribution in [3.8, 4) is 11.5 Å². The number of aryl methyl sites for hydroxylation is 1. The van der Waals surface area contributed by atoms with Gasteiger partial charge in [-0.05, 0) is 54.8 Å². The second-order valence-corrected chi connectivity index (χ2v) is 5.20. The Morgan fingerprint density at radius 1 is 1.00 bits per heavy atom. The van der Waals surface area contributed by atoms with Crippen molar-refractivity contribution >= 4 is 11.6 Å². The minimum absolute atomic E-state index is 0.596. The van der Waals surface area contributed by atoms with Crippen LogP contribution in [0.25, 0.3) is 0 Å². The molecule has 2 aromatic carbocycles. The Labute approximate surface area is 125 Å². The molecular weight excluding hydrogens is 270 g/mol. The molecule has 20 heavy (non-hydrogen) atoms. The Kier molecular flexibility index (Phi) is 5.45. The highest BCUT2D eigenvalue weighted by Crippen LogP contribution is 2.27. The van der Waals surface area contributed by atoms with Gasteiger partial charge in [-0.1, -0.05) is 43.1 Å². The molecule has 0 atom stereocenters. The fourth-order valence-electron chi connectivity index (χ4n) is 2.10. The van der Waals surface area contributed by atoms with Crippen LogP contribution in [-0.4, -0.2) is 6.54 Å². The molecule has 2 rings (SSSR count). The molecule has 0 amide bonds. The zero-order valence-corrected chi connectivity index (χ0v) is 12.5. The lowest BCUT2D eigenvalue weighted by Gasteiger charge is -2.09. The molecule has 0 fully saturated rings. The highest BCUT2D eigenvalue weighted by atomic mass is 35.5. The number of ether oxygens (including phenoxy) is 1. The first-order valence-corrected chi connectivity index (χ1v) is 7.36. The van der Waals surface area contributed by atoms with E-state index < -0.39 is 0 Å². The number of nitrogens with two attached hydrogens (primary N) is 1. The van der Waals surface area contributed by atoms with Crippen LogP contribution in [0.4, 0.5) is 0 Å². The van der Waals surface area contributed by atoms with Gasteiger partial charge in [0.2, 0.25) is 0 Å². The van der Waals surface area contributed by atoms with E-state index in [1.54, 1.807) is 0 Å². The molecule has 0 saturated carbocycles. The molecule has 0 unspecified atom stereocenters. The van der Waals surface area contributed by atoms with Crippen LogP contribution in [0.2, 0.25) is 5.02 Å². The summed E-state index contributed by atoms with van der Waals surface area (Å²) in [6, 6.07) is 13.9. The standard InChI is InChI=1S/C17H20ClNO/c1-2-3-13-4-7-15(8-5-13)20-16-9-6-14(10-11-19)17(18)12-16/h4-9,12H,2-3,10-11,19H2,1H3. The maximum absolute atomic E-state index is 6.21. The zero-order chi connectivity index (χ0) is 14.4. The van der Waals surface area contributed by atoms with Gasteiger partial charge in [-0.25, -0.2) is 0 Å². The molecule has 0 aliphatic carbocycles. The topological polar surface area (TPSA) is 35.2 Å². The lowest BCUT2D eigenvalue weighted by atomic mass is 10.1. The van der Waals surface area contributed by atoms with Gasteiger partial charge in [0.1, 0.15) is 11.5 Å². The molecule has 0 aliphatic rings. The summed E-state index contributed by atoms with van der Waals surface area (Å²) in [6.45, 7) is 2.77. The van der Waals surface area contributed by atoms with E-state index >= 15 is 0 Å². The van der Waals surface area contributed by atoms with E-state index in [9.17, 15) is 0 Å². The van der Waals surface area contributed by atoms with E-state index in [4.69, 9.17) is 22.1 Å². The Bertz CT molecular complexity index is 551. The van der Waals surface area contributed by atoms with E-state index in [2.05, 4.69) is 19.1 Å². The smallest absolute Gasteiger partial charge is 0.128 e. The van der Waals surface area contributed by atoms with Crippen LogP contribution < -0.4 is 10.5 Å². The summed E-state index contributed by atoms with van der Waals surface area (Å²) in [5.74, 6) is 1.58. The third-order valence-electron chi connectivity index (χ3n) is 3.14. The molecule has 2 aromatic rings. The first-order chi connectivity index (χ1) is 9.72. The summed E-state index contributed by atoms with van der Waals surface area (Å²) in [4.78, 5) is 0. The van der Waals surface area contributed by atoms with Crippen LogP contribution in [0.1, 0.15) is 24.5 Å². The fraction of sp³-hybridized carbons (Fsp3) is 0.294. The summed E-state index contributed by atoms with van der Waals surface area (Å²) in [5.41, 5.74) is 7.93. The Hall–Kier alpha value is -1.51. The van der Waals surface area contributed by atoms with Crippen LogP contribution in [0.15, 0.2) is 42.5 Å². The van der Waals surface area contributed by atoms with Crippen molar-refractivity contribution in [1.82, 2.24) is 0 Å². The van der Waals surface area contributed by atoms with Crippen molar-refractivity contribution in [1.29, 1.82) is 0 Å². The molecule has 0 heterocycles. The van der Waals surface area contributed by atoms with E-state index in [0.29, 0.717) is 11.6 Å². The van der Waals surface area contributed by atoms with E-state index in [1.807, 2.05) is 30.3 Å². The average molecular weight is 290 g/mol. The highest BCUT2D eigenvalue weighted by Gasteiger charge is 2.03. The minimum atomic E-state index is 0.596. The zero-order valence-electron chi connectivity index (χ0n) is 11.7. The first kappa shape index (κ1) is 14.9. The molecule has 0 aliphatic heterocycles. The minimum Gasteiger partial charge on any atom is -0.457 e. The second-order valence-electron chi connectivity index (χ2n) is 4.79. The maximum Gasteiger partial charge on any atom is 0.128 e. The third kappa shape index (κ3) is 3.99. The maximum atomic E-state index is 6.21. The Morgan fingerprint density at radius 3 is 2.30 bits per heavy atom. The number of hydrogen-bond donors (Lipinski definition) is 1. The van der Waals surface area contributed by atoms with Gasteiger partial charge in [-0.2, -0.15) is 0 Å². The normalized spacial score (nSPS) is 10.6. The van der Waals surface area contributed by atoms with Crippen molar-refractivity contribution in [2.24, 2.45) is 5.73 Å². The monoisotopic (exact) mass is 289 g/mol. The molecule has 2 nitrogen and oxygen atoms in total. The van der Waals surface area contributed by atoms with Gasteiger partial charge >= 0.3 is 0 Å². The molecule has 0 bridgehead atoms. The lowest BCUT2D eigenvalue weighted by Crippen LogP contribution is -2.03. The second kappa shape index (κ2) is 7.32. The van der Waals surface area contributed by atoms with Crippen LogP contribution in [0.5, 0.6) is 11.5 Å². The summed E-state index contributed by atoms with van der Waals surface area (Å²) in [5, 5.41) is 0.704. The first-order valence-electron chi connectivity index (χ1n) is 6.98. The van der Waals surface area contributed by atoms with Gasteiger partial charge in [0.05, 0.1) is 0 Å². The number of benzene rings is 2. The van der Waals surface area contributed by atoms with Gasteiger partial charge in [-0.15, -0.1) is 0 Å². The average Bonchev–Trinajstić information content (AvgIpc) is 2.44. The molecule has 2 N–H and O–H groups in total. The predicted octanol–water partition coefficient (Wildman–Crippen LogP) is 4.59. The van der Waals surface area contributed by atoms with Gasteiger partial charge in [-0.3, -0.25) is 0 Å². The van der Waals surface area contributed by atoms with E-state index in [0.717, 1.165) is 36.3 Å². The SMILES string of the molecule is CCCc1ccc(Oc2ccc(CCN)c(Cl)c2)cc1. The summed E-state index contributed by atoms with van der Waals surface area (Å²) in [7, 11) is 0. The molecule has 0 radical (unpaired) electrons. The van der Waals surface area contributed by atoms with E-state index in [-0.39, 0.29) is 0 Å². The Morgan fingerprint density at radius 2 is 1.70 bits per heavy atom. The molecule has 0 aromatic heterocycles. The Balaban J connectivity index is 2.07. The molecule has 3 heteroatoms. The molecule has 0 spiro atoms. The largest absolute Gasteiger partial charge is 0.457 e. The van der Waals surface area contributed by atoms with Crippen LogP contribution in [-0.2, 0) is 12.8 Å². The number of rotatable bonds is 6. The summed E-state index contributed by atoms with van der Waals surface area (Å²) >= 11 is 6.21. The fourth-order valence-corrected chi connectivity index (χ4v) is 2.36. The van der Waals surface area contributed by atoms with Crippen LogP contribution in [0.3, 0.4) is 0 Å². The van der Waals surface area contributed by atoms with Gasteiger partial charge in [0.15, 0.2) is 0 Å². The van der Waals surface area contributed by atoms with Crippen LogP contribution in [0, 0.1) is 0 Å². The third-order valence-corrected chi connectivity index (χ3v) is 3.49. The molecular formula is C17H20ClNO. The lowest BCUT2D eigenvalue weighted by molar-refractivity contribution is 0.482. The van der Waals surface area contributed by atoms with Gasteiger partial charge < -0.3 is 10.5 Å². The number of hydrogen-bond acceptors (Lipinski definition) is 2. The van der Waals surface area contributed by atoms with Crippen molar-refractivity contribution in [2.75, 3.05) is 6.54 Å². The van der Waals surface area contributed by atoms with Crippen molar-refractivity contribution in [3.05, 3.63) is 58.6 Å². The quantitative estimate of drug-likeness (QED) is 0.844. The highest BCUT2D eigenvalue weighted by molar-refractivity contribution is 6.31. The van der Waals surface area contributed by atoms with Crippen molar-refractivity contribution in [3.63, 3.8) is 0 Å². The number of halogens is 1.